The maximum atomic E-state index is 11.9. The van der Waals surface area contributed by atoms with E-state index in [9.17, 15) is 4.79 Å². The van der Waals surface area contributed by atoms with Crippen LogP contribution in [-0.4, -0.2) is 25.8 Å². The predicted molar refractivity (Wildman–Crippen MR) is 121 cm³/mol. The van der Waals surface area contributed by atoms with E-state index in [1.54, 1.807) is 61.7 Å². The number of benzene rings is 3. The lowest BCUT2D eigenvalue weighted by molar-refractivity contribution is -0.123. The van der Waals surface area contributed by atoms with Gasteiger partial charge >= 0.3 is 0 Å². The molecule has 0 bridgehead atoms. The molecule has 1 amide bonds. The van der Waals surface area contributed by atoms with Crippen LogP contribution in [0.4, 0.5) is 0 Å². The number of carbonyl (C=O) groups excluding carboxylic acids is 1. The molecule has 0 aromatic heterocycles. The van der Waals surface area contributed by atoms with Crippen molar-refractivity contribution in [1.82, 2.24) is 5.43 Å². The fourth-order valence-corrected chi connectivity index (χ4v) is 2.77. The molecule has 3 aromatic carbocycles. The van der Waals surface area contributed by atoms with Crippen LogP contribution in [0.15, 0.2) is 71.8 Å². The molecule has 3 rings (SSSR count). The molecule has 0 aliphatic rings. The Morgan fingerprint density at radius 1 is 0.935 bits per heavy atom. The van der Waals surface area contributed by atoms with Gasteiger partial charge in [0.2, 0.25) is 0 Å². The number of nitrogens with one attached hydrogen (secondary N) is 1. The van der Waals surface area contributed by atoms with Crippen LogP contribution in [0.5, 0.6) is 17.2 Å². The second-order valence-electron chi connectivity index (χ2n) is 6.36. The Labute approximate surface area is 190 Å². The maximum absolute atomic E-state index is 11.9. The van der Waals surface area contributed by atoms with Crippen molar-refractivity contribution in [2.75, 3.05) is 13.7 Å². The molecule has 3 aromatic rings. The van der Waals surface area contributed by atoms with Crippen molar-refractivity contribution in [2.45, 2.75) is 6.61 Å². The van der Waals surface area contributed by atoms with Crippen molar-refractivity contribution >= 4 is 35.3 Å². The summed E-state index contributed by atoms with van der Waals surface area (Å²) in [6.45, 7) is 0.184. The predicted octanol–water partition coefficient (Wildman–Crippen LogP) is 5.11. The van der Waals surface area contributed by atoms with Crippen LogP contribution >= 0.6 is 23.2 Å². The first-order chi connectivity index (χ1) is 15.0. The van der Waals surface area contributed by atoms with Gasteiger partial charge in [0.15, 0.2) is 18.1 Å². The average Bonchev–Trinajstić information content (AvgIpc) is 2.78. The van der Waals surface area contributed by atoms with Crippen LogP contribution in [0.1, 0.15) is 11.1 Å². The number of carbonyl (C=O) groups is 1. The van der Waals surface area contributed by atoms with E-state index < -0.39 is 0 Å². The first kappa shape index (κ1) is 22.5. The first-order valence-corrected chi connectivity index (χ1v) is 10.0. The summed E-state index contributed by atoms with van der Waals surface area (Å²) in [6, 6.07) is 19.5. The Morgan fingerprint density at radius 3 is 2.29 bits per heavy atom. The zero-order valence-electron chi connectivity index (χ0n) is 16.7. The number of hydrazone groups is 1. The fraction of sp³-hybridized carbons (Fsp3) is 0.130. The molecule has 8 heteroatoms. The highest BCUT2D eigenvalue weighted by Crippen LogP contribution is 2.28. The lowest BCUT2D eigenvalue weighted by Gasteiger charge is -2.11. The van der Waals surface area contributed by atoms with Gasteiger partial charge in [-0.25, -0.2) is 5.43 Å². The van der Waals surface area contributed by atoms with Crippen molar-refractivity contribution in [2.24, 2.45) is 5.10 Å². The zero-order chi connectivity index (χ0) is 22.1. The number of hydrogen-bond donors (Lipinski definition) is 1. The third-order valence-electron chi connectivity index (χ3n) is 4.08. The van der Waals surface area contributed by atoms with Crippen LogP contribution in [0.25, 0.3) is 0 Å². The van der Waals surface area contributed by atoms with Crippen molar-refractivity contribution < 1.29 is 19.0 Å². The third kappa shape index (κ3) is 7.20. The quantitative estimate of drug-likeness (QED) is 0.357. The van der Waals surface area contributed by atoms with E-state index >= 15 is 0 Å². The fourth-order valence-electron chi connectivity index (χ4n) is 2.52. The second kappa shape index (κ2) is 11.2. The van der Waals surface area contributed by atoms with Gasteiger partial charge in [0.1, 0.15) is 12.4 Å². The van der Waals surface area contributed by atoms with Crippen molar-refractivity contribution in [3.8, 4) is 17.2 Å². The molecule has 0 aliphatic heterocycles. The summed E-state index contributed by atoms with van der Waals surface area (Å²) in [5, 5.41) is 5.22. The smallest absolute Gasteiger partial charge is 0.277 e. The van der Waals surface area contributed by atoms with Gasteiger partial charge < -0.3 is 14.2 Å². The number of amides is 1. The van der Waals surface area contributed by atoms with Gasteiger partial charge in [0.25, 0.3) is 5.91 Å². The summed E-state index contributed by atoms with van der Waals surface area (Å²) < 4.78 is 16.6. The minimum atomic E-state index is -0.390. The van der Waals surface area contributed by atoms with E-state index in [1.807, 2.05) is 12.1 Å². The van der Waals surface area contributed by atoms with Crippen LogP contribution in [0, 0.1) is 0 Å². The largest absolute Gasteiger partial charge is 0.493 e. The summed E-state index contributed by atoms with van der Waals surface area (Å²) in [5.74, 6) is 1.30. The van der Waals surface area contributed by atoms with Crippen molar-refractivity contribution in [1.29, 1.82) is 0 Å². The van der Waals surface area contributed by atoms with Gasteiger partial charge in [0, 0.05) is 10.0 Å². The molecule has 1 N–H and O–H groups in total. The molecule has 6 nitrogen and oxygen atoms in total. The Kier molecular flexibility index (Phi) is 8.15. The van der Waals surface area contributed by atoms with E-state index in [-0.39, 0.29) is 12.5 Å². The minimum Gasteiger partial charge on any atom is -0.493 e. The Bertz CT molecular complexity index is 1040. The molecule has 0 fully saturated rings. The Balaban J connectivity index is 1.54. The van der Waals surface area contributed by atoms with Crippen LogP contribution in [-0.2, 0) is 11.4 Å². The summed E-state index contributed by atoms with van der Waals surface area (Å²) in [7, 11) is 1.57. The van der Waals surface area contributed by atoms with E-state index in [0.717, 1.165) is 11.1 Å². The highest BCUT2D eigenvalue weighted by molar-refractivity contribution is 6.30. The normalized spacial score (nSPS) is 10.7. The number of hydrogen-bond acceptors (Lipinski definition) is 5. The van der Waals surface area contributed by atoms with E-state index in [2.05, 4.69) is 10.5 Å². The number of nitrogens with zero attached hydrogens (tertiary/aromatic N) is 1. The molecular weight excluding hydrogens is 439 g/mol. The minimum absolute atomic E-state index is 0.170. The summed E-state index contributed by atoms with van der Waals surface area (Å²) in [4.78, 5) is 11.9. The molecule has 0 saturated carbocycles. The number of methoxy groups -OCH3 is 1. The van der Waals surface area contributed by atoms with Gasteiger partial charge in [-0.1, -0.05) is 35.3 Å². The van der Waals surface area contributed by atoms with Crippen molar-refractivity contribution in [3.05, 3.63) is 87.9 Å². The monoisotopic (exact) mass is 458 g/mol. The molecule has 0 spiro atoms. The van der Waals surface area contributed by atoms with Crippen molar-refractivity contribution in [3.63, 3.8) is 0 Å². The van der Waals surface area contributed by atoms with Gasteiger partial charge in [-0.15, -0.1) is 0 Å². The average molecular weight is 459 g/mol. The third-order valence-corrected chi connectivity index (χ3v) is 4.59. The standard InChI is InChI=1S/C23H20Cl2N2O4/c1-29-21-11-4-17(12-22(21)31-14-16-2-5-18(24)6-3-16)13-26-27-23(28)15-30-20-9-7-19(25)8-10-20/h2-13H,14-15H2,1H3,(H,27,28)/b26-13-. The van der Waals surface area contributed by atoms with Crippen LogP contribution in [0.2, 0.25) is 10.0 Å². The highest BCUT2D eigenvalue weighted by Gasteiger charge is 2.06. The van der Waals surface area contributed by atoms with Gasteiger partial charge in [-0.3, -0.25) is 4.79 Å². The molecule has 0 unspecified atom stereocenters. The number of rotatable bonds is 9. The SMILES string of the molecule is COc1ccc(/C=N\NC(=O)COc2ccc(Cl)cc2)cc1OCc1ccc(Cl)cc1. The highest BCUT2D eigenvalue weighted by atomic mass is 35.5. The molecule has 0 aliphatic carbocycles. The zero-order valence-corrected chi connectivity index (χ0v) is 18.2. The van der Waals surface area contributed by atoms with Gasteiger partial charge in [0.05, 0.1) is 13.3 Å². The molecule has 0 saturated heterocycles. The lowest BCUT2D eigenvalue weighted by atomic mass is 10.2. The Hall–Kier alpha value is -3.22. The molecule has 0 radical (unpaired) electrons. The number of ether oxygens (including phenoxy) is 3. The summed E-state index contributed by atoms with van der Waals surface area (Å²) in [5.41, 5.74) is 4.12. The molecular formula is C23H20Cl2N2O4. The van der Waals surface area contributed by atoms with E-state index in [0.29, 0.717) is 33.9 Å². The maximum Gasteiger partial charge on any atom is 0.277 e. The van der Waals surface area contributed by atoms with Gasteiger partial charge in [-0.05, 0) is 65.7 Å². The second-order valence-corrected chi connectivity index (χ2v) is 7.23. The molecule has 0 atom stereocenters. The number of halogens is 2. The molecule has 160 valence electrons. The molecule has 0 heterocycles. The topological polar surface area (TPSA) is 69.2 Å². The van der Waals surface area contributed by atoms with Gasteiger partial charge in [-0.2, -0.15) is 5.10 Å². The first-order valence-electron chi connectivity index (χ1n) is 9.29. The molecule has 31 heavy (non-hydrogen) atoms. The summed E-state index contributed by atoms with van der Waals surface area (Å²) >= 11 is 11.7. The summed E-state index contributed by atoms with van der Waals surface area (Å²) in [6.07, 6.45) is 1.51. The Morgan fingerprint density at radius 2 is 1.61 bits per heavy atom. The van der Waals surface area contributed by atoms with Crippen LogP contribution in [0.3, 0.4) is 0 Å². The lowest BCUT2D eigenvalue weighted by Crippen LogP contribution is -2.24. The van der Waals surface area contributed by atoms with E-state index in [1.165, 1.54) is 6.21 Å². The van der Waals surface area contributed by atoms with Crippen LogP contribution < -0.4 is 19.6 Å². The van der Waals surface area contributed by atoms with E-state index in [4.69, 9.17) is 37.4 Å².